The zero-order valence-electron chi connectivity index (χ0n) is 14.8. The first-order chi connectivity index (χ1) is 13.4. The number of hydrogen-bond donors (Lipinski definition) is 0. The minimum atomic E-state index is -0.999. The van der Waals surface area contributed by atoms with Gasteiger partial charge in [0.2, 0.25) is 5.78 Å². The second-order valence-corrected chi connectivity index (χ2v) is 6.79. The van der Waals surface area contributed by atoms with Gasteiger partial charge in [0, 0.05) is 18.0 Å². The highest BCUT2D eigenvalue weighted by molar-refractivity contribution is 7.99. The van der Waals surface area contributed by atoms with Gasteiger partial charge >= 0.3 is 5.97 Å². The first-order valence-corrected chi connectivity index (χ1v) is 9.34. The van der Waals surface area contributed by atoms with E-state index in [1.807, 2.05) is 0 Å². The molecule has 0 spiro atoms. The van der Waals surface area contributed by atoms with Gasteiger partial charge in [0.15, 0.2) is 11.3 Å². The van der Waals surface area contributed by atoms with Gasteiger partial charge in [-0.05, 0) is 49.4 Å². The quantitative estimate of drug-likeness (QED) is 0.339. The zero-order chi connectivity index (χ0) is 20.1. The zero-order valence-corrected chi connectivity index (χ0v) is 15.7. The summed E-state index contributed by atoms with van der Waals surface area (Å²) in [4.78, 5) is 28.5. The Labute approximate surface area is 164 Å². The number of ether oxygens (including phenoxy) is 1. The van der Waals surface area contributed by atoms with Crippen LogP contribution in [0.25, 0.3) is 5.69 Å². The number of hydrogen-bond acceptors (Lipinski definition) is 5. The molecule has 0 amide bonds. The summed E-state index contributed by atoms with van der Waals surface area (Å²) in [6.45, 7) is 1.46. The molecule has 28 heavy (non-hydrogen) atoms. The number of halogens is 2. The number of rotatable bonds is 7. The van der Waals surface area contributed by atoms with Crippen molar-refractivity contribution in [2.45, 2.75) is 18.2 Å². The fourth-order valence-electron chi connectivity index (χ4n) is 2.48. The molecule has 144 valence electrons. The summed E-state index contributed by atoms with van der Waals surface area (Å²) in [5, 5.41) is 0.486. The molecule has 0 unspecified atom stereocenters. The van der Waals surface area contributed by atoms with E-state index in [2.05, 4.69) is 4.98 Å². The lowest BCUT2D eigenvalue weighted by Gasteiger charge is -2.12. The summed E-state index contributed by atoms with van der Waals surface area (Å²) in [5.41, 5.74) is 0.837. The van der Waals surface area contributed by atoms with E-state index in [1.165, 1.54) is 43.3 Å². The van der Waals surface area contributed by atoms with Crippen LogP contribution in [0.15, 0.2) is 66.1 Å². The van der Waals surface area contributed by atoms with Gasteiger partial charge in [-0.3, -0.25) is 14.2 Å². The van der Waals surface area contributed by atoms with Gasteiger partial charge < -0.3 is 4.74 Å². The molecule has 3 aromatic rings. The molecule has 0 radical (unpaired) electrons. The highest BCUT2D eigenvalue weighted by atomic mass is 32.2. The summed E-state index contributed by atoms with van der Waals surface area (Å²) in [6, 6.07) is 11.0. The third-order valence-electron chi connectivity index (χ3n) is 3.82. The van der Waals surface area contributed by atoms with Crippen LogP contribution in [0.4, 0.5) is 8.78 Å². The standard InChI is InChI=1S/C20H16F2N2O3S/c1-13(19(26)14-5-7-15(21)8-6-14)27-18(25)12-28-20-23-9-10-24(20)17-4-2-3-16(22)11-17/h2-11,13H,12H2,1H3/t13-/m1/s1. The molecule has 1 aromatic heterocycles. The number of aromatic nitrogens is 2. The molecule has 0 fully saturated rings. The maximum atomic E-state index is 13.4. The van der Waals surface area contributed by atoms with E-state index in [9.17, 15) is 18.4 Å². The number of carbonyl (C=O) groups is 2. The highest BCUT2D eigenvalue weighted by Gasteiger charge is 2.20. The molecule has 8 heteroatoms. The topological polar surface area (TPSA) is 61.2 Å². The van der Waals surface area contributed by atoms with Crippen molar-refractivity contribution < 1.29 is 23.1 Å². The molecular formula is C20H16F2N2O3S. The summed E-state index contributed by atoms with van der Waals surface area (Å²) in [7, 11) is 0. The Morgan fingerprint density at radius 1 is 1.14 bits per heavy atom. The van der Waals surface area contributed by atoms with Crippen LogP contribution in [-0.2, 0) is 9.53 Å². The van der Waals surface area contributed by atoms with Crippen LogP contribution in [0.5, 0.6) is 0 Å². The molecule has 3 rings (SSSR count). The first-order valence-electron chi connectivity index (χ1n) is 8.35. The summed E-state index contributed by atoms with van der Waals surface area (Å²) in [6.07, 6.45) is 2.20. The number of nitrogens with zero attached hydrogens (tertiary/aromatic N) is 2. The Hall–Kier alpha value is -3.00. The van der Waals surface area contributed by atoms with Crippen LogP contribution >= 0.6 is 11.8 Å². The Balaban J connectivity index is 1.58. The Kier molecular flexibility index (Phi) is 6.20. The molecule has 1 atom stereocenters. The lowest BCUT2D eigenvalue weighted by Crippen LogP contribution is -2.25. The summed E-state index contributed by atoms with van der Waals surface area (Å²) in [5.74, 6) is -1.92. The van der Waals surface area contributed by atoms with Crippen molar-refractivity contribution in [3.63, 3.8) is 0 Å². The molecule has 0 saturated heterocycles. The van der Waals surface area contributed by atoms with Crippen LogP contribution in [0.3, 0.4) is 0 Å². The fourth-order valence-corrected chi connectivity index (χ4v) is 3.23. The van der Waals surface area contributed by atoms with Crippen molar-refractivity contribution in [3.8, 4) is 5.69 Å². The highest BCUT2D eigenvalue weighted by Crippen LogP contribution is 2.21. The molecular weight excluding hydrogens is 386 g/mol. The van der Waals surface area contributed by atoms with E-state index in [1.54, 1.807) is 29.1 Å². The van der Waals surface area contributed by atoms with E-state index >= 15 is 0 Å². The number of Topliss-reactive ketones (excluding diaryl/α,β-unsaturated/α-hetero) is 1. The number of ketones is 1. The van der Waals surface area contributed by atoms with Crippen LogP contribution in [0.2, 0.25) is 0 Å². The van der Waals surface area contributed by atoms with Gasteiger partial charge in [-0.1, -0.05) is 17.8 Å². The van der Waals surface area contributed by atoms with Gasteiger partial charge in [0.1, 0.15) is 11.6 Å². The number of carbonyl (C=O) groups excluding carboxylic acids is 2. The second kappa shape index (κ2) is 8.79. The van der Waals surface area contributed by atoms with Crippen LogP contribution in [0, 0.1) is 11.6 Å². The number of imidazole rings is 1. The smallest absolute Gasteiger partial charge is 0.317 e. The SMILES string of the molecule is C[C@@H](OC(=O)CSc1nccn1-c1cccc(F)c1)C(=O)c1ccc(F)cc1. The van der Waals surface area contributed by atoms with E-state index in [0.29, 0.717) is 10.8 Å². The Morgan fingerprint density at radius 3 is 2.61 bits per heavy atom. The number of benzene rings is 2. The molecule has 0 saturated carbocycles. The van der Waals surface area contributed by atoms with E-state index in [-0.39, 0.29) is 17.1 Å². The van der Waals surface area contributed by atoms with Crippen LogP contribution in [-0.4, -0.2) is 33.2 Å². The fraction of sp³-hybridized carbons (Fsp3) is 0.150. The van der Waals surface area contributed by atoms with Crippen LogP contribution in [0.1, 0.15) is 17.3 Å². The number of thioether (sulfide) groups is 1. The third kappa shape index (κ3) is 4.83. The van der Waals surface area contributed by atoms with Gasteiger partial charge in [-0.15, -0.1) is 0 Å². The predicted molar refractivity (Wildman–Crippen MR) is 101 cm³/mol. The van der Waals surface area contributed by atoms with Crippen LogP contribution < -0.4 is 0 Å². The van der Waals surface area contributed by atoms with Gasteiger partial charge in [0.05, 0.1) is 11.4 Å². The molecule has 5 nitrogen and oxygen atoms in total. The van der Waals surface area contributed by atoms with Crippen molar-refractivity contribution in [2.24, 2.45) is 0 Å². The normalized spacial score (nSPS) is 11.8. The van der Waals surface area contributed by atoms with Crippen molar-refractivity contribution in [2.75, 3.05) is 5.75 Å². The lowest BCUT2D eigenvalue weighted by atomic mass is 10.1. The third-order valence-corrected chi connectivity index (χ3v) is 4.76. The van der Waals surface area contributed by atoms with Crippen molar-refractivity contribution in [1.82, 2.24) is 9.55 Å². The average Bonchev–Trinajstić information content (AvgIpc) is 3.15. The molecule has 0 aliphatic heterocycles. The number of esters is 1. The van der Waals surface area contributed by atoms with Crippen molar-refractivity contribution >= 4 is 23.5 Å². The molecule has 1 heterocycles. The van der Waals surface area contributed by atoms with Gasteiger partial charge in [0.25, 0.3) is 0 Å². The minimum Gasteiger partial charge on any atom is -0.454 e. The Morgan fingerprint density at radius 2 is 1.89 bits per heavy atom. The van der Waals surface area contributed by atoms with E-state index in [4.69, 9.17) is 4.74 Å². The summed E-state index contributed by atoms with van der Waals surface area (Å²) >= 11 is 1.11. The average molecular weight is 402 g/mol. The monoisotopic (exact) mass is 402 g/mol. The molecule has 0 aliphatic rings. The second-order valence-electron chi connectivity index (χ2n) is 5.85. The molecule has 0 N–H and O–H groups in total. The Bertz CT molecular complexity index is 989. The first kappa shape index (κ1) is 19.8. The van der Waals surface area contributed by atoms with E-state index in [0.717, 1.165) is 11.8 Å². The maximum Gasteiger partial charge on any atom is 0.317 e. The van der Waals surface area contributed by atoms with Crippen molar-refractivity contribution in [1.29, 1.82) is 0 Å². The van der Waals surface area contributed by atoms with Gasteiger partial charge in [-0.2, -0.15) is 0 Å². The summed E-state index contributed by atoms with van der Waals surface area (Å²) < 4.78 is 33.2. The molecule has 0 aliphatic carbocycles. The molecule has 2 aromatic carbocycles. The lowest BCUT2D eigenvalue weighted by molar-refractivity contribution is -0.143. The van der Waals surface area contributed by atoms with Gasteiger partial charge in [-0.25, -0.2) is 13.8 Å². The van der Waals surface area contributed by atoms with Crippen molar-refractivity contribution in [3.05, 3.63) is 78.1 Å². The predicted octanol–water partition coefficient (Wildman–Crippen LogP) is 4.06. The largest absolute Gasteiger partial charge is 0.454 e. The maximum absolute atomic E-state index is 13.4. The minimum absolute atomic E-state index is 0.0760. The molecule has 0 bridgehead atoms. The van der Waals surface area contributed by atoms with E-state index < -0.39 is 23.7 Å².